The molecule has 1 atom stereocenters. The van der Waals surface area contributed by atoms with Crippen LogP contribution in [0.25, 0.3) is 0 Å². The number of pyridine rings is 1. The molecule has 30 heavy (non-hydrogen) atoms. The standard InChI is InChI=1S/C22H20ClN3O3S/c1-15-12-17(14-26(15)18-3-5-20(6-4-18)30(24,27)28)16-2-7-21(23)22(13-16)29-19-8-10-25-11-9-19/h2-11,13,17H,1,12,14H2,(H2,24,27,28)/t17-/m0/s1. The van der Waals surface area contributed by atoms with E-state index in [2.05, 4.69) is 16.5 Å². The molecule has 1 aromatic heterocycles. The molecule has 6 nitrogen and oxygen atoms in total. The van der Waals surface area contributed by atoms with E-state index in [0.29, 0.717) is 23.1 Å². The van der Waals surface area contributed by atoms with Crippen LogP contribution in [-0.4, -0.2) is 19.9 Å². The first-order chi connectivity index (χ1) is 14.3. The fraction of sp³-hybridized carbons (Fsp3) is 0.136. The lowest BCUT2D eigenvalue weighted by Crippen LogP contribution is -2.18. The number of sulfonamides is 1. The molecule has 4 rings (SSSR count). The number of aromatic nitrogens is 1. The molecule has 0 bridgehead atoms. The zero-order chi connectivity index (χ0) is 21.3. The maximum absolute atomic E-state index is 11.5. The lowest BCUT2D eigenvalue weighted by molar-refractivity contribution is 0.481. The van der Waals surface area contributed by atoms with Crippen molar-refractivity contribution in [2.24, 2.45) is 5.14 Å². The predicted molar refractivity (Wildman–Crippen MR) is 117 cm³/mol. The Labute approximate surface area is 180 Å². The monoisotopic (exact) mass is 441 g/mol. The number of ether oxygens (including phenoxy) is 1. The molecule has 0 saturated carbocycles. The van der Waals surface area contributed by atoms with E-state index in [1.54, 1.807) is 36.7 Å². The largest absolute Gasteiger partial charge is 0.456 e. The molecule has 2 N–H and O–H groups in total. The quantitative estimate of drug-likeness (QED) is 0.621. The summed E-state index contributed by atoms with van der Waals surface area (Å²) in [7, 11) is -3.72. The maximum atomic E-state index is 11.5. The van der Waals surface area contributed by atoms with Gasteiger partial charge in [-0.05, 0) is 60.5 Å². The van der Waals surface area contributed by atoms with Gasteiger partial charge in [-0.1, -0.05) is 24.2 Å². The average Bonchev–Trinajstić information content (AvgIpc) is 3.11. The Bertz CT molecular complexity index is 1180. The molecule has 0 aliphatic carbocycles. The molecule has 3 aromatic rings. The highest BCUT2D eigenvalue weighted by molar-refractivity contribution is 7.89. The summed E-state index contributed by atoms with van der Waals surface area (Å²) in [6.07, 6.45) is 4.09. The summed E-state index contributed by atoms with van der Waals surface area (Å²) in [6.45, 7) is 4.90. The van der Waals surface area contributed by atoms with Crippen LogP contribution in [0, 0.1) is 0 Å². The van der Waals surface area contributed by atoms with Gasteiger partial charge >= 0.3 is 0 Å². The van der Waals surface area contributed by atoms with E-state index in [-0.39, 0.29) is 10.8 Å². The highest BCUT2D eigenvalue weighted by atomic mass is 35.5. The summed E-state index contributed by atoms with van der Waals surface area (Å²) in [4.78, 5) is 6.15. The van der Waals surface area contributed by atoms with E-state index >= 15 is 0 Å². The van der Waals surface area contributed by atoms with Crippen LogP contribution < -0.4 is 14.8 Å². The minimum atomic E-state index is -3.72. The number of rotatable bonds is 5. The van der Waals surface area contributed by atoms with Crippen molar-refractivity contribution in [1.82, 2.24) is 4.98 Å². The van der Waals surface area contributed by atoms with E-state index < -0.39 is 10.0 Å². The highest BCUT2D eigenvalue weighted by Crippen LogP contribution is 2.39. The van der Waals surface area contributed by atoms with Gasteiger partial charge in [-0.3, -0.25) is 4.98 Å². The molecule has 0 radical (unpaired) electrons. The Morgan fingerprint density at radius 3 is 2.47 bits per heavy atom. The van der Waals surface area contributed by atoms with E-state index in [1.807, 2.05) is 18.2 Å². The number of primary sulfonamides is 1. The zero-order valence-corrected chi connectivity index (χ0v) is 17.6. The number of hydrogen-bond donors (Lipinski definition) is 1. The third-order valence-corrected chi connectivity index (χ3v) is 6.29. The van der Waals surface area contributed by atoms with Crippen LogP contribution >= 0.6 is 11.6 Å². The van der Waals surface area contributed by atoms with E-state index in [0.717, 1.165) is 23.4 Å². The summed E-state index contributed by atoms with van der Waals surface area (Å²) in [6, 6.07) is 15.8. The molecule has 2 heterocycles. The molecule has 0 amide bonds. The summed E-state index contributed by atoms with van der Waals surface area (Å²) in [5.41, 5.74) is 2.92. The first-order valence-electron chi connectivity index (χ1n) is 9.27. The zero-order valence-electron chi connectivity index (χ0n) is 16.0. The second-order valence-corrected chi connectivity index (χ2v) is 9.06. The first kappa shape index (κ1) is 20.4. The lowest BCUT2D eigenvalue weighted by Gasteiger charge is -2.20. The Hall–Kier alpha value is -2.87. The normalized spacial score (nSPS) is 16.7. The van der Waals surface area contributed by atoms with Gasteiger partial charge in [0.1, 0.15) is 11.5 Å². The van der Waals surface area contributed by atoms with Crippen LogP contribution in [0.3, 0.4) is 0 Å². The van der Waals surface area contributed by atoms with Gasteiger partial charge in [0.05, 0.1) is 9.92 Å². The Balaban J connectivity index is 1.55. The molecule has 1 saturated heterocycles. The van der Waals surface area contributed by atoms with E-state index in [4.69, 9.17) is 21.5 Å². The molecule has 0 spiro atoms. The molecule has 0 unspecified atom stereocenters. The molecule has 1 aliphatic rings. The Morgan fingerprint density at radius 1 is 1.10 bits per heavy atom. The Kier molecular flexibility index (Phi) is 5.51. The number of nitrogens with zero attached hydrogens (tertiary/aromatic N) is 2. The number of benzene rings is 2. The molecule has 8 heteroatoms. The van der Waals surface area contributed by atoms with Gasteiger partial charge in [0.25, 0.3) is 0 Å². The van der Waals surface area contributed by atoms with Gasteiger partial charge in [-0.25, -0.2) is 13.6 Å². The van der Waals surface area contributed by atoms with Crippen molar-refractivity contribution in [3.8, 4) is 11.5 Å². The Morgan fingerprint density at radius 2 is 1.80 bits per heavy atom. The summed E-state index contributed by atoms with van der Waals surface area (Å²) >= 11 is 6.33. The summed E-state index contributed by atoms with van der Waals surface area (Å²) < 4.78 is 28.9. The van der Waals surface area contributed by atoms with Crippen LogP contribution in [-0.2, 0) is 10.0 Å². The predicted octanol–water partition coefficient (Wildman–Crippen LogP) is 4.68. The average molecular weight is 442 g/mol. The number of allylic oxidation sites excluding steroid dienone is 1. The molecule has 1 aliphatic heterocycles. The number of nitrogens with two attached hydrogens (primary N) is 1. The smallest absolute Gasteiger partial charge is 0.238 e. The lowest BCUT2D eigenvalue weighted by atomic mass is 9.97. The van der Waals surface area contributed by atoms with Crippen LogP contribution in [0.15, 0.2) is 84.2 Å². The molecular formula is C22H20ClN3O3S. The van der Waals surface area contributed by atoms with Crippen LogP contribution in [0.2, 0.25) is 5.02 Å². The summed E-state index contributed by atoms with van der Waals surface area (Å²) in [5.74, 6) is 1.45. The second-order valence-electron chi connectivity index (χ2n) is 7.09. The van der Waals surface area contributed by atoms with Crippen molar-refractivity contribution < 1.29 is 13.2 Å². The number of anilines is 1. The third kappa shape index (κ3) is 4.33. The van der Waals surface area contributed by atoms with Gasteiger partial charge in [0.15, 0.2) is 0 Å². The molecule has 154 valence electrons. The van der Waals surface area contributed by atoms with Crippen molar-refractivity contribution in [2.45, 2.75) is 17.2 Å². The molecule has 2 aromatic carbocycles. The van der Waals surface area contributed by atoms with E-state index in [9.17, 15) is 8.42 Å². The topological polar surface area (TPSA) is 85.5 Å². The van der Waals surface area contributed by atoms with Crippen LogP contribution in [0.1, 0.15) is 17.9 Å². The molecular weight excluding hydrogens is 422 g/mol. The van der Waals surface area contributed by atoms with Crippen LogP contribution in [0.5, 0.6) is 11.5 Å². The van der Waals surface area contributed by atoms with Crippen molar-refractivity contribution in [1.29, 1.82) is 0 Å². The minimum absolute atomic E-state index is 0.0863. The third-order valence-electron chi connectivity index (χ3n) is 5.05. The van der Waals surface area contributed by atoms with Gasteiger partial charge in [0.2, 0.25) is 10.0 Å². The maximum Gasteiger partial charge on any atom is 0.238 e. The summed E-state index contributed by atoms with van der Waals surface area (Å²) in [5, 5.41) is 5.71. The van der Waals surface area contributed by atoms with Crippen molar-refractivity contribution in [2.75, 3.05) is 11.4 Å². The first-order valence-corrected chi connectivity index (χ1v) is 11.2. The fourth-order valence-electron chi connectivity index (χ4n) is 3.52. The number of halogens is 1. The molecule has 1 fully saturated rings. The van der Waals surface area contributed by atoms with Crippen molar-refractivity contribution >= 4 is 27.3 Å². The van der Waals surface area contributed by atoms with Gasteiger partial charge in [-0.2, -0.15) is 0 Å². The van der Waals surface area contributed by atoms with Crippen molar-refractivity contribution in [3.63, 3.8) is 0 Å². The number of hydrogen-bond acceptors (Lipinski definition) is 5. The van der Waals surface area contributed by atoms with E-state index in [1.165, 1.54) is 12.1 Å². The minimum Gasteiger partial charge on any atom is -0.456 e. The highest BCUT2D eigenvalue weighted by Gasteiger charge is 2.28. The van der Waals surface area contributed by atoms with Gasteiger partial charge in [0, 0.05) is 36.2 Å². The van der Waals surface area contributed by atoms with Gasteiger partial charge in [-0.15, -0.1) is 0 Å². The van der Waals surface area contributed by atoms with Crippen molar-refractivity contribution in [3.05, 3.63) is 89.9 Å². The second kappa shape index (κ2) is 8.10. The fourth-order valence-corrected chi connectivity index (χ4v) is 4.19. The van der Waals surface area contributed by atoms with Gasteiger partial charge < -0.3 is 9.64 Å². The van der Waals surface area contributed by atoms with Crippen LogP contribution in [0.4, 0.5) is 5.69 Å². The SMILES string of the molecule is C=C1C[C@H](c2ccc(Cl)c(Oc3ccncc3)c2)CN1c1ccc(S(N)(=O)=O)cc1.